The van der Waals surface area contributed by atoms with E-state index in [1.807, 2.05) is 43.3 Å². The zero-order chi connectivity index (χ0) is 18.2. The highest BCUT2D eigenvalue weighted by atomic mass is 16.5. The predicted octanol–water partition coefficient (Wildman–Crippen LogP) is 3.84. The van der Waals surface area contributed by atoms with E-state index in [2.05, 4.69) is 5.32 Å². The van der Waals surface area contributed by atoms with Gasteiger partial charge in [-0.2, -0.15) is 0 Å². The molecule has 1 unspecified atom stereocenters. The van der Waals surface area contributed by atoms with Gasteiger partial charge in [0.1, 0.15) is 5.75 Å². The third kappa shape index (κ3) is 5.95. The van der Waals surface area contributed by atoms with Crippen LogP contribution in [0.25, 0.3) is 0 Å². The fourth-order valence-corrected chi connectivity index (χ4v) is 2.55. The molecule has 1 atom stereocenters. The van der Waals surface area contributed by atoms with Gasteiger partial charge in [-0.05, 0) is 47.7 Å². The molecule has 0 fully saturated rings. The minimum atomic E-state index is -0.815. The second kappa shape index (κ2) is 8.87. The molecule has 132 valence electrons. The Balaban J connectivity index is 1.87. The van der Waals surface area contributed by atoms with Gasteiger partial charge in [-0.1, -0.05) is 31.2 Å². The van der Waals surface area contributed by atoms with Gasteiger partial charge in [-0.25, -0.2) is 0 Å². The van der Waals surface area contributed by atoms with E-state index in [-0.39, 0.29) is 18.2 Å². The van der Waals surface area contributed by atoms with Gasteiger partial charge >= 0.3 is 5.97 Å². The van der Waals surface area contributed by atoms with E-state index < -0.39 is 5.97 Å². The molecule has 2 rings (SSSR count). The minimum absolute atomic E-state index is 0.0541. The van der Waals surface area contributed by atoms with Crippen LogP contribution in [0.1, 0.15) is 36.8 Å². The van der Waals surface area contributed by atoms with Crippen molar-refractivity contribution in [2.75, 3.05) is 12.4 Å². The van der Waals surface area contributed by atoms with Crippen molar-refractivity contribution in [2.45, 2.75) is 32.1 Å². The number of nitrogens with one attached hydrogen (secondary N) is 1. The summed E-state index contributed by atoms with van der Waals surface area (Å²) in [6, 6.07) is 15.0. The van der Waals surface area contributed by atoms with E-state index in [1.165, 1.54) is 0 Å². The first-order valence-corrected chi connectivity index (χ1v) is 8.22. The highest BCUT2D eigenvalue weighted by Crippen LogP contribution is 2.22. The number of benzene rings is 2. The molecule has 2 aromatic rings. The summed E-state index contributed by atoms with van der Waals surface area (Å²) in [4.78, 5) is 22.8. The summed E-state index contributed by atoms with van der Waals surface area (Å²) in [5.41, 5.74) is 2.73. The number of ether oxygens (including phenoxy) is 1. The first-order chi connectivity index (χ1) is 12.0. The largest absolute Gasteiger partial charge is 0.497 e. The molecule has 25 heavy (non-hydrogen) atoms. The summed E-state index contributed by atoms with van der Waals surface area (Å²) in [7, 11) is 1.62. The number of methoxy groups -OCH3 is 1. The molecule has 0 aromatic heterocycles. The Hall–Kier alpha value is -2.82. The Bertz CT molecular complexity index is 707. The zero-order valence-corrected chi connectivity index (χ0v) is 14.5. The number of anilines is 1. The lowest BCUT2D eigenvalue weighted by Gasteiger charge is -2.13. The molecule has 5 nitrogen and oxygen atoms in total. The standard InChI is InChI=1S/C20H23NO4/c1-14(16-6-10-18(25-2)11-7-16)13-19(22)21-17-8-3-15(4-9-17)5-12-20(23)24/h3-4,6-11,14H,5,12-13H2,1-2H3,(H,21,22)(H,23,24). The molecule has 0 aliphatic heterocycles. The number of rotatable bonds is 8. The van der Waals surface area contributed by atoms with E-state index >= 15 is 0 Å². The Kier molecular flexibility index (Phi) is 6.57. The van der Waals surface area contributed by atoms with Crippen LogP contribution in [0.15, 0.2) is 48.5 Å². The topological polar surface area (TPSA) is 75.6 Å². The Morgan fingerprint density at radius 1 is 1.08 bits per heavy atom. The molecule has 0 heterocycles. The number of hydrogen-bond donors (Lipinski definition) is 2. The molecular weight excluding hydrogens is 318 g/mol. The number of carboxylic acids is 1. The maximum Gasteiger partial charge on any atom is 0.303 e. The Morgan fingerprint density at radius 3 is 2.28 bits per heavy atom. The Labute approximate surface area is 147 Å². The van der Waals surface area contributed by atoms with Crippen LogP contribution in [-0.4, -0.2) is 24.1 Å². The van der Waals surface area contributed by atoms with E-state index in [0.29, 0.717) is 18.5 Å². The summed E-state index contributed by atoms with van der Waals surface area (Å²) < 4.78 is 5.14. The third-order valence-corrected chi connectivity index (χ3v) is 4.04. The van der Waals surface area contributed by atoms with Crippen molar-refractivity contribution in [3.05, 3.63) is 59.7 Å². The van der Waals surface area contributed by atoms with Crippen LogP contribution in [0.4, 0.5) is 5.69 Å². The maximum absolute atomic E-state index is 12.2. The highest BCUT2D eigenvalue weighted by molar-refractivity contribution is 5.91. The maximum atomic E-state index is 12.2. The molecule has 1 amide bonds. The predicted molar refractivity (Wildman–Crippen MR) is 97.1 cm³/mol. The second-order valence-corrected chi connectivity index (χ2v) is 6.02. The van der Waals surface area contributed by atoms with E-state index in [0.717, 1.165) is 16.9 Å². The summed E-state index contributed by atoms with van der Waals surface area (Å²) in [6.45, 7) is 2.01. The first kappa shape index (κ1) is 18.5. The monoisotopic (exact) mass is 341 g/mol. The number of aryl methyl sites for hydroxylation is 1. The summed E-state index contributed by atoms with van der Waals surface area (Å²) in [5, 5.41) is 11.6. The van der Waals surface area contributed by atoms with Crippen LogP contribution >= 0.6 is 0 Å². The van der Waals surface area contributed by atoms with Crippen molar-refractivity contribution in [1.29, 1.82) is 0 Å². The SMILES string of the molecule is COc1ccc(C(C)CC(=O)Nc2ccc(CCC(=O)O)cc2)cc1. The van der Waals surface area contributed by atoms with Crippen molar-refractivity contribution in [2.24, 2.45) is 0 Å². The van der Waals surface area contributed by atoms with Crippen molar-refractivity contribution in [1.82, 2.24) is 0 Å². The van der Waals surface area contributed by atoms with Crippen LogP contribution in [0.5, 0.6) is 5.75 Å². The second-order valence-electron chi connectivity index (χ2n) is 6.02. The molecule has 0 bridgehead atoms. The molecular formula is C20H23NO4. The molecule has 0 aliphatic carbocycles. The van der Waals surface area contributed by atoms with Gasteiger partial charge in [0.15, 0.2) is 0 Å². The van der Waals surface area contributed by atoms with Crippen molar-refractivity contribution >= 4 is 17.6 Å². The van der Waals surface area contributed by atoms with Crippen LogP contribution in [0.2, 0.25) is 0 Å². The van der Waals surface area contributed by atoms with E-state index in [1.54, 1.807) is 19.2 Å². The van der Waals surface area contributed by atoms with Gasteiger partial charge in [0, 0.05) is 18.5 Å². The lowest BCUT2D eigenvalue weighted by Crippen LogP contribution is -2.14. The Morgan fingerprint density at radius 2 is 1.72 bits per heavy atom. The third-order valence-electron chi connectivity index (χ3n) is 4.04. The van der Waals surface area contributed by atoms with Crippen molar-refractivity contribution in [3.63, 3.8) is 0 Å². The number of carbonyl (C=O) groups excluding carboxylic acids is 1. The first-order valence-electron chi connectivity index (χ1n) is 8.22. The van der Waals surface area contributed by atoms with Gasteiger partial charge in [0.2, 0.25) is 5.91 Å². The van der Waals surface area contributed by atoms with Crippen LogP contribution in [0, 0.1) is 0 Å². The lowest BCUT2D eigenvalue weighted by atomic mass is 9.97. The van der Waals surface area contributed by atoms with Gasteiger partial charge in [-0.15, -0.1) is 0 Å². The van der Waals surface area contributed by atoms with E-state index in [9.17, 15) is 9.59 Å². The van der Waals surface area contributed by atoms with E-state index in [4.69, 9.17) is 9.84 Å². The molecule has 0 radical (unpaired) electrons. The number of carbonyl (C=O) groups is 2. The quantitative estimate of drug-likeness (QED) is 0.765. The summed E-state index contributed by atoms with van der Waals surface area (Å²) in [5.74, 6) is 0.0237. The number of carboxylic acid groups (broad SMARTS) is 1. The average molecular weight is 341 g/mol. The molecule has 0 aliphatic rings. The van der Waals surface area contributed by atoms with Gasteiger partial charge in [0.25, 0.3) is 0 Å². The van der Waals surface area contributed by atoms with Gasteiger partial charge < -0.3 is 15.2 Å². The average Bonchev–Trinajstić information content (AvgIpc) is 2.61. The van der Waals surface area contributed by atoms with Crippen molar-refractivity contribution < 1.29 is 19.4 Å². The van der Waals surface area contributed by atoms with Crippen LogP contribution in [0.3, 0.4) is 0 Å². The van der Waals surface area contributed by atoms with Crippen LogP contribution in [-0.2, 0) is 16.0 Å². The van der Waals surface area contributed by atoms with Crippen molar-refractivity contribution in [3.8, 4) is 5.75 Å². The molecule has 0 spiro atoms. The molecule has 0 saturated carbocycles. The fraction of sp³-hybridized carbons (Fsp3) is 0.300. The summed E-state index contributed by atoms with van der Waals surface area (Å²) >= 11 is 0. The fourth-order valence-electron chi connectivity index (χ4n) is 2.55. The lowest BCUT2D eigenvalue weighted by molar-refractivity contribution is -0.137. The van der Waals surface area contributed by atoms with Gasteiger partial charge in [-0.3, -0.25) is 9.59 Å². The van der Waals surface area contributed by atoms with Gasteiger partial charge in [0.05, 0.1) is 7.11 Å². The minimum Gasteiger partial charge on any atom is -0.497 e. The zero-order valence-electron chi connectivity index (χ0n) is 14.5. The summed E-state index contributed by atoms with van der Waals surface area (Å²) in [6.07, 6.45) is 0.968. The molecule has 2 N–H and O–H groups in total. The molecule has 2 aromatic carbocycles. The molecule has 0 saturated heterocycles. The normalized spacial score (nSPS) is 11.6. The number of aliphatic carboxylic acids is 1. The highest BCUT2D eigenvalue weighted by Gasteiger charge is 2.12. The smallest absolute Gasteiger partial charge is 0.303 e. The number of amides is 1. The number of hydrogen-bond acceptors (Lipinski definition) is 3. The molecule has 5 heteroatoms. The van der Waals surface area contributed by atoms with Crippen LogP contribution < -0.4 is 10.1 Å².